The Bertz CT molecular complexity index is 499. The van der Waals surface area contributed by atoms with Crippen molar-refractivity contribution < 1.29 is 22.6 Å². The minimum Gasteiger partial charge on any atom is -0.490 e. The van der Waals surface area contributed by atoms with E-state index in [1.165, 1.54) is 0 Å². The van der Waals surface area contributed by atoms with Crippen LogP contribution in [-0.2, 0) is 10.9 Å². The molecule has 0 saturated carbocycles. The Morgan fingerprint density at radius 3 is 2.30 bits per heavy atom. The first-order chi connectivity index (χ1) is 9.13. The van der Waals surface area contributed by atoms with Crippen molar-refractivity contribution in [1.82, 2.24) is 0 Å². The normalized spacial score (nSPS) is 12.1. The third-order valence-electron chi connectivity index (χ3n) is 2.30. The van der Waals surface area contributed by atoms with Crippen LogP contribution in [0.15, 0.2) is 18.2 Å². The molecule has 0 N–H and O–H groups in total. The number of nitrogens with zero attached hydrogens (tertiary/aromatic N) is 1. The Morgan fingerprint density at radius 1 is 1.15 bits per heavy atom. The van der Waals surface area contributed by atoms with E-state index >= 15 is 0 Å². The average Bonchev–Trinajstić information content (AvgIpc) is 2.32. The highest BCUT2D eigenvalue weighted by molar-refractivity contribution is 5.46. The molecule has 0 aliphatic carbocycles. The molecule has 1 rings (SSSR count). The summed E-state index contributed by atoms with van der Waals surface area (Å²) in [7, 11) is 0. The van der Waals surface area contributed by atoms with Crippen molar-refractivity contribution in [3.63, 3.8) is 0 Å². The van der Waals surface area contributed by atoms with Crippen LogP contribution in [0.4, 0.5) is 13.2 Å². The number of ether oxygens (including phenoxy) is 2. The number of hydrogen-bond donors (Lipinski definition) is 0. The Balaban J connectivity index is 2.70. The van der Waals surface area contributed by atoms with Gasteiger partial charge in [-0.05, 0) is 39.0 Å². The maximum atomic E-state index is 12.5. The highest BCUT2D eigenvalue weighted by atomic mass is 19.4. The second-order valence-corrected chi connectivity index (χ2v) is 5.13. The Labute approximate surface area is 115 Å². The number of rotatable bonds is 4. The fraction of sp³-hybridized carbons (Fsp3) is 0.500. The SMILES string of the molecule is CC(C)(C)OCCOc1ccc(C(F)(F)F)cc1C#N. The van der Waals surface area contributed by atoms with Gasteiger partial charge in [0.05, 0.1) is 23.3 Å². The fourth-order valence-electron chi connectivity index (χ4n) is 1.42. The summed E-state index contributed by atoms with van der Waals surface area (Å²) in [6, 6.07) is 4.52. The van der Waals surface area contributed by atoms with Gasteiger partial charge in [0.25, 0.3) is 0 Å². The number of benzene rings is 1. The van der Waals surface area contributed by atoms with Gasteiger partial charge in [0.1, 0.15) is 18.4 Å². The number of nitriles is 1. The number of alkyl halides is 3. The van der Waals surface area contributed by atoms with E-state index in [4.69, 9.17) is 14.7 Å². The zero-order valence-corrected chi connectivity index (χ0v) is 11.5. The van der Waals surface area contributed by atoms with E-state index in [1.54, 1.807) is 6.07 Å². The van der Waals surface area contributed by atoms with Gasteiger partial charge in [-0.15, -0.1) is 0 Å². The molecule has 0 atom stereocenters. The van der Waals surface area contributed by atoms with Crippen molar-refractivity contribution in [3.05, 3.63) is 29.3 Å². The van der Waals surface area contributed by atoms with Crippen LogP contribution >= 0.6 is 0 Å². The van der Waals surface area contributed by atoms with Crippen LogP contribution in [0.25, 0.3) is 0 Å². The summed E-state index contributed by atoms with van der Waals surface area (Å²) in [6.45, 7) is 6.09. The molecule has 0 radical (unpaired) electrons. The van der Waals surface area contributed by atoms with Gasteiger partial charge in [0, 0.05) is 0 Å². The lowest BCUT2D eigenvalue weighted by Crippen LogP contribution is -2.22. The first-order valence-electron chi connectivity index (χ1n) is 6.01. The quantitative estimate of drug-likeness (QED) is 0.792. The first kappa shape index (κ1) is 16.3. The molecule has 6 heteroatoms. The van der Waals surface area contributed by atoms with E-state index in [1.807, 2.05) is 20.8 Å². The van der Waals surface area contributed by atoms with Crippen LogP contribution in [0, 0.1) is 11.3 Å². The molecule has 3 nitrogen and oxygen atoms in total. The number of hydrogen-bond acceptors (Lipinski definition) is 3. The van der Waals surface area contributed by atoms with E-state index in [0.29, 0.717) is 0 Å². The molecule has 0 unspecified atom stereocenters. The summed E-state index contributed by atoms with van der Waals surface area (Å²) in [5.41, 5.74) is -1.33. The molecule has 1 aromatic carbocycles. The maximum absolute atomic E-state index is 12.5. The zero-order valence-electron chi connectivity index (χ0n) is 11.5. The maximum Gasteiger partial charge on any atom is 0.416 e. The lowest BCUT2D eigenvalue weighted by atomic mass is 10.1. The second kappa shape index (κ2) is 6.14. The lowest BCUT2D eigenvalue weighted by Gasteiger charge is -2.19. The monoisotopic (exact) mass is 287 g/mol. The molecule has 0 spiro atoms. The highest BCUT2D eigenvalue weighted by Crippen LogP contribution is 2.32. The molecule has 20 heavy (non-hydrogen) atoms. The van der Waals surface area contributed by atoms with Crippen LogP contribution in [0.5, 0.6) is 5.75 Å². The molecular formula is C14H16F3NO2. The van der Waals surface area contributed by atoms with Crippen LogP contribution < -0.4 is 4.74 Å². The first-order valence-corrected chi connectivity index (χ1v) is 6.01. The van der Waals surface area contributed by atoms with Crippen molar-refractivity contribution in [2.45, 2.75) is 32.5 Å². The van der Waals surface area contributed by atoms with Crippen LogP contribution in [-0.4, -0.2) is 18.8 Å². The molecule has 0 heterocycles. The average molecular weight is 287 g/mol. The summed E-state index contributed by atoms with van der Waals surface area (Å²) in [6.07, 6.45) is -4.47. The summed E-state index contributed by atoms with van der Waals surface area (Å²) >= 11 is 0. The van der Waals surface area contributed by atoms with Crippen molar-refractivity contribution in [3.8, 4) is 11.8 Å². The van der Waals surface area contributed by atoms with Gasteiger partial charge in [-0.25, -0.2) is 0 Å². The molecule has 0 aliphatic rings. The van der Waals surface area contributed by atoms with E-state index in [0.717, 1.165) is 18.2 Å². The minimum atomic E-state index is -4.47. The zero-order chi connectivity index (χ0) is 15.4. The van der Waals surface area contributed by atoms with Crippen molar-refractivity contribution in [2.24, 2.45) is 0 Å². The van der Waals surface area contributed by atoms with Crippen LogP contribution in [0.1, 0.15) is 31.9 Å². The van der Waals surface area contributed by atoms with E-state index in [9.17, 15) is 13.2 Å². The van der Waals surface area contributed by atoms with Gasteiger partial charge < -0.3 is 9.47 Å². The summed E-state index contributed by atoms with van der Waals surface area (Å²) in [5.74, 6) is 0.123. The van der Waals surface area contributed by atoms with Gasteiger partial charge in [-0.1, -0.05) is 0 Å². The van der Waals surface area contributed by atoms with Gasteiger partial charge in [0.2, 0.25) is 0 Å². The third kappa shape index (κ3) is 5.10. The number of halogens is 3. The molecule has 0 fully saturated rings. The Kier molecular flexibility index (Phi) is 5.01. The Morgan fingerprint density at radius 2 is 1.80 bits per heavy atom. The van der Waals surface area contributed by atoms with Gasteiger partial charge in [-0.3, -0.25) is 0 Å². The second-order valence-electron chi connectivity index (χ2n) is 5.13. The molecule has 0 aliphatic heterocycles. The minimum absolute atomic E-state index is 0.123. The summed E-state index contributed by atoms with van der Waals surface area (Å²) < 4.78 is 48.2. The Hall–Kier alpha value is -1.74. The third-order valence-corrected chi connectivity index (χ3v) is 2.30. The largest absolute Gasteiger partial charge is 0.490 e. The fourth-order valence-corrected chi connectivity index (χ4v) is 1.42. The standard InChI is InChI=1S/C14H16F3NO2/c1-13(2,3)20-7-6-19-12-5-4-11(14(15,16)17)8-10(12)9-18/h4-5,8H,6-7H2,1-3H3. The van der Waals surface area contributed by atoms with Crippen LogP contribution in [0.2, 0.25) is 0 Å². The van der Waals surface area contributed by atoms with Crippen molar-refractivity contribution >= 4 is 0 Å². The summed E-state index contributed by atoms with van der Waals surface area (Å²) in [5, 5.41) is 8.87. The summed E-state index contributed by atoms with van der Waals surface area (Å²) in [4.78, 5) is 0. The van der Waals surface area contributed by atoms with Gasteiger partial charge in [0.15, 0.2) is 0 Å². The van der Waals surface area contributed by atoms with Gasteiger partial charge in [-0.2, -0.15) is 18.4 Å². The topological polar surface area (TPSA) is 42.2 Å². The predicted octanol–water partition coefficient (Wildman–Crippen LogP) is 3.77. The molecule has 0 bridgehead atoms. The molecular weight excluding hydrogens is 271 g/mol. The molecule has 0 amide bonds. The van der Waals surface area contributed by atoms with E-state index in [-0.39, 0.29) is 30.1 Å². The predicted molar refractivity (Wildman–Crippen MR) is 67.4 cm³/mol. The molecule has 110 valence electrons. The van der Waals surface area contributed by atoms with Gasteiger partial charge >= 0.3 is 6.18 Å². The van der Waals surface area contributed by atoms with E-state index < -0.39 is 11.7 Å². The highest BCUT2D eigenvalue weighted by Gasteiger charge is 2.31. The van der Waals surface area contributed by atoms with Crippen molar-refractivity contribution in [2.75, 3.05) is 13.2 Å². The smallest absolute Gasteiger partial charge is 0.416 e. The lowest BCUT2D eigenvalue weighted by molar-refractivity contribution is -0.137. The molecule has 0 saturated heterocycles. The molecule has 0 aromatic heterocycles. The van der Waals surface area contributed by atoms with E-state index in [2.05, 4.69) is 0 Å². The molecule has 1 aromatic rings. The van der Waals surface area contributed by atoms with Crippen LogP contribution in [0.3, 0.4) is 0 Å². The van der Waals surface area contributed by atoms with Crippen molar-refractivity contribution in [1.29, 1.82) is 5.26 Å².